The van der Waals surface area contributed by atoms with Crippen LogP contribution in [0.25, 0.3) is 0 Å². The zero-order chi connectivity index (χ0) is 21.8. The van der Waals surface area contributed by atoms with Crippen LogP contribution in [0.5, 0.6) is 0 Å². The summed E-state index contributed by atoms with van der Waals surface area (Å²) in [7, 11) is 0. The average Bonchev–Trinajstić information content (AvgIpc) is 2.67. The second-order valence-electron chi connectivity index (χ2n) is 8.63. The minimum absolute atomic E-state index is 0.00996. The molecule has 3 atom stereocenters. The summed E-state index contributed by atoms with van der Waals surface area (Å²) in [5.41, 5.74) is 5.45. The van der Waals surface area contributed by atoms with Gasteiger partial charge in [-0.05, 0) is 51.0 Å². The van der Waals surface area contributed by atoms with E-state index in [-0.39, 0.29) is 17.9 Å². The molecule has 0 aromatic rings. The van der Waals surface area contributed by atoms with Crippen molar-refractivity contribution in [2.45, 2.75) is 96.7 Å². The zero-order valence-corrected chi connectivity index (χ0v) is 18.2. The molecule has 29 heavy (non-hydrogen) atoms. The Hall–Kier alpha value is -1.83. The molecule has 0 saturated heterocycles. The van der Waals surface area contributed by atoms with Crippen LogP contribution in [0.2, 0.25) is 0 Å². The standard InChI is InChI=1S/C21H40N4O4/c1-14(2)15(3)23-19(26)18(13-16-9-5-4-6-10-16)25-21(29)24-17(20(27)28)11-7-8-12-22/h14-18H,4-13,22H2,1-3H3,(H,23,26)(H,27,28)(H2,24,25,29)/t15-,17+,18-/m1/s1. The van der Waals surface area contributed by atoms with Crippen LogP contribution in [0.4, 0.5) is 4.79 Å². The van der Waals surface area contributed by atoms with E-state index < -0.39 is 24.1 Å². The number of rotatable bonds is 12. The summed E-state index contributed by atoms with van der Waals surface area (Å²) in [6.45, 7) is 6.48. The van der Waals surface area contributed by atoms with Crippen LogP contribution in [0.1, 0.15) is 78.6 Å². The second-order valence-corrected chi connectivity index (χ2v) is 8.63. The number of unbranched alkanes of at least 4 members (excludes halogenated alkanes) is 1. The number of carboxylic acid groups (broad SMARTS) is 1. The van der Waals surface area contributed by atoms with Crippen LogP contribution in [-0.2, 0) is 9.59 Å². The number of hydrogen-bond acceptors (Lipinski definition) is 4. The molecule has 8 heteroatoms. The molecule has 0 aliphatic heterocycles. The molecule has 3 amide bonds. The van der Waals surface area contributed by atoms with Crippen molar-refractivity contribution < 1.29 is 19.5 Å². The van der Waals surface area contributed by atoms with Crippen LogP contribution in [0, 0.1) is 11.8 Å². The van der Waals surface area contributed by atoms with Gasteiger partial charge in [0, 0.05) is 6.04 Å². The van der Waals surface area contributed by atoms with Crippen molar-refractivity contribution in [2.24, 2.45) is 17.6 Å². The van der Waals surface area contributed by atoms with Crippen LogP contribution in [-0.4, -0.2) is 47.7 Å². The van der Waals surface area contributed by atoms with Crippen molar-refractivity contribution in [3.8, 4) is 0 Å². The fourth-order valence-electron chi connectivity index (χ4n) is 3.59. The van der Waals surface area contributed by atoms with Crippen LogP contribution in [0.3, 0.4) is 0 Å². The quantitative estimate of drug-likeness (QED) is 0.314. The van der Waals surface area contributed by atoms with Gasteiger partial charge in [0.15, 0.2) is 0 Å². The maximum Gasteiger partial charge on any atom is 0.326 e. The van der Waals surface area contributed by atoms with Gasteiger partial charge in [-0.2, -0.15) is 0 Å². The van der Waals surface area contributed by atoms with E-state index in [0.717, 1.165) is 25.7 Å². The van der Waals surface area contributed by atoms with Crippen molar-refractivity contribution in [1.82, 2.24) is 16.0 Å². The van der Waals surface area contributed by atoms with E-state index in [0.29, 0.717) is 38.1 Å². The molecule has 168 valence electrons. The Morgan fingerprint density at radius 1 is 0.966 bits per heavy atom. The van der Waals surface area contributed by atoms with Crippen LogP contribution < -0.4 is 21.7 Å². The third-order valence-corrected chi connectivity index (χ3v) is 5.84. The highest BCUT2D eigenvalue weighted by atomic mass is 16.4. The second kappa shape index (κ2) is 13.4. The minimum Gasteiger partial charge on any atom is -0.480 e. The number of urea groups is 1. The SMILES string of the molecule is CC(C)[C@@H](C)NC(=O)[C@@H](CC1CCCCC1)NC(=O)N[C@@H](CCCCN)C(=O)O. The molecule has 1 rings (SSSR count). The number of hydrogen-bond donors (Lipinski definition) is 5. The predicted octanol–water partition coefficient (Wildman–Crippen LogP) is 2.37. The Morgan fingerprint density at radius 3 is 2.14 bits per heavy atom. The first kappa shape index (κ1) is 25.2. The average molecular weight is 413 g/mol. The summed E-state index contributed by atoms with van der Waals surface area (Å²) < 4.78 is 0. The van der Waals surface area contributed by atoms with E-state index >= 15 is 0 Å². The molecule has 8 nitrogen and oxygen atoms in total. The van der Waals surface area contributed by atoms with Gasteiger partial charge < -0.3 is 26.8 Å². The molecule has 0 bridgehead atoms. The highest BCUT2D eigenvalue weighted by molar-refractivity contribution is 5.88. The number of aliphatic carboxylic acids is 1. The predicted molar refractivity (Wildman–Crippen MR) is 113 cm³/mol. The molecule has 1 saturated carbocycles. The van der Waals surface area contributed by atoms with Crippen molar-refractivity contribution >= 4 is 17.9 Å². The molecular weight excluding hydrogens is 372 g/mol. The van der Waals surface area contributed by atoms with Gasteiger partial charge in [-0.15, -0.1) is 0 Å². The monoisotopic (exact) mass is 412 g/mol. The lowest BCUT2D eigenvalue weighted by Gasteiger charge is -2.28. The Kier molecular flexibility index (Phi) is 11.7. The fraction of sp³-hybridized carbons (Fsp3) is 0.857. The highest BCUT2D eigenvalue weighted by Gasteiger charge is 2.28. The van der Waals surface area contributed by atoms with Gasteiger partial charge in [-0.25, -0.2) is 9.59 Å². The first-order chi connectivity index (χ1) is 13.7. The zero-order valence-electron chi connectivity index (χ0n) is 18.2. The van der Waals surface area contributed by atoms with Crippen LogP contribution >= 0.6 is 0 Å². The molecular formula is C21H40N4O4. The molecule has 0 unspecified atom stereocenters. The highest BCUT2D eigenvalue weighted by Crippen LogP contribution is 2.27. The lowest BCUT2D eigenvalue weighted by Crippen LogP contribution is -2.55. The molecule has 0 aromatic carbocycles. The van der Waals surface area contributed by atoms with E-state index in [1.165, 1.54) is 6.42 Å². The summed E-state index contributed by atoms with van der Waals surface area (Å²) in [5.74, 6) is -0.614. The Labute approximate surface area is 174 Å². The van der Waals surface area contributed by atoms with Crippen molar-refractivity contribution in [3.05, 3.63) is 0 Å². The smallest absolute Gasteiger partial charge is 0.326 e. The normalized spacial score (nSPS) is 18.0. The van der Waals surface area contributed by atoms with E-state index in [4.69, 9.17) is 5.73 Å². The lowest BCUT2D eigenvalue weighted by atomic mass is 9.84. The number of carbonyl (C=O) groups is 3. The Morgan fingerprint density at radius 2 is 1.59 bits per heavy atom. The van der Waals surface area contributed by atoms with E-state index in [2.05, 4.69) is 16.0 Å². The van der Waals surface area contributed by atoms with Gasteiger partial charge in [0.25, 0.3) is 0 Å². The number of nitrogens with one attached hydrogen (secondary N) is 3. The van der Waals surface area contributed by atoms with Gasteiger partial charge >= 0.3 is 12.0 Å². The van der Waals surface area contributed by atoms with Gasteiger partial charge in [0.2, 0.25) is 5.91 Å². The topological polar surface area (TPSA) is 134 Å². The summed E-state index contributed by atoms with van der Waals surface area (Å²) in [6.07, 6.45) is 7.84. The number of nitrogens with two attached hydrogens (primary N) is 1. The molecule has 1 aliphatic rings. The summed E-state index contributed by atoms with van der Waals surface area (Å²) in [6, 6.07) is -2.28. The van der Waals surface area contributed by atoms with Crippen LogP contribution in [0.15, 0.2) is 0 Å². The number of carbonyl (C=O) groups excluding carboxylic acids is 2. The molecule has 0 heterocycles. The maximum absolute atomic E-state index is 12.8. The molecule has 1 fully saturated rings. The van der Waals surface area contributed by atoms with Gasteiger partial charge in [-0.3, -0.25) is 4.79 Å². The van der Waals surface area contributed by atoms with E-state index in [1.54, 1.807) is 0 Å². The molecule has 0 spiro atoms. The maximum atomic E-state index is 12.8. The Bertz CT molecular complexity index is 521. The first-order valence-electron chi connectivity index (χ1n) is 11.0. The molecule has 6 N–H and O–H groups in total. The molecule has 0 radical (unpaired) electrons. The van der Waals surface area contributed by atoms with Gasteiger partial charge in [0.1, 0.15) is 12.1 Å². The molecule has 1 aliphatic carbocycles. The first-order valence-corrected chi connectivity index (χ1v) is 11.0. The van der Waals surface area contributed by atoms with Crippen molar-refractivity contribution in [3.63, 3.8) is 0 Å². The number of amides is 3. The third-order valence-electron chi connectivity index (χ3n) is 5.84. The lowest BCUT2D eigenvalue weighted by molar-refractivity contribution is -0.139. The third kappa shape index (κ3) is 9.96. The van der Waals surface area contributed by atoms with E-state index in [1.807, 2.05) is 20.8 Å². The van der Waals surface area contributed by atoms with Gasteiger partial charge in [0.05, 0.1) is 0 Å². The number of carboxylic acids is 1. The summed E-state index contributed by atoms with van der Waals surface area (Å²) in [4.78, 5) is 36.7. The van der Waals surface area contributed by atoms with Crippen molar-refractivity contribution in [1.29, 1.82) is 0 Å². The fourth-order valence-corrected chi connectivity index (χ4v) is 3.59. The molecule has 0 aromatic heterocycles. The summed E-state index contributed by atoms with van der Waals surface area (Å²) in [5, 5.41) is 17.6. The minimum atomic E-state index is -1.08. The summed E-state index contributed by atoms with van der Waals surface area (Å²) >= 11 is 0. The van der Waals surface area contributed by atoms with Crippen molar-refractivity contribution in [2.75, 3.05) is 6.54 Å². The Balaban J connectivity index is 2.72. The van der Waals surface area contributed by atoms with Gasteiger partial charge in [-0.1, -0.05) is 46.0 Å². The largest absolute Gasteiger partial charge is 0.480 e. The van der Waals surface area contributed by atoms with E-state index in [9.17, 15) is 19.5 Å².